The van der Waals surface area contributed by atoms with Gasteiger partial charge in [0.25, 0.3) is 0 Å². The van der Waals surface area contributed by atoms with Crippen LogP contribution >= 0.6 is 0 Å². The number of benzene rings is 1. The lowest BCUT2D eigenvalue weighted by Crippen LogP contribution is -2.18. The second-order valence-corrected chi connectivity index (χ2v) is 11.0. The maximum atomic E-state index is 10.7. The van der Waals surface area contributed by atoms with Gasteiger partial charge in [-0.05, 0) is 100 Å². The van der Waals surface area contributed by atoms with Crippen molar-refractivity contribution in [1.82, 2.24) is 16.1 Å². The van der Waals surface area contributed by atoms with E-state index in [0.29, 0.717) is 6.42 Å². The van der Waals surface area contributed by atoms with Crippen LogP contribution < -0.4 is 16.1 Å². The highest BCUT2D eigenvalue weighted by Gasteiger charge is 2.02. The SMILES string of the molecule is C=C(CCCCC(=O)NO)NCCCC.C=C/C=C\C=C(/C)c1ccccc1CNCC.C=CC(=C\C=C/C)/C(/C=C\C)=C(C)/C=C\C.CC.CC. The van der Waals surface area contributed by atoms with Crippen LogP contribution in [0.4, 0.5) is 0 Å². The molecule has 1 aromatic rings. The molecular formula is C47H77N3O2. The van der Waals surface area contributed by atoms with Crippen molar-refractivity contribution in [1.29, 1.82) is 0 Å². The second kappa shape index (κ2) is 43.0. The summed E-state index contributed by atoms with van der Waals surface area (Å²) in [6, 6.07) is 8.51. The Morgan fingerprint density at radius 3 is 2.00 bits per heavy atom. The van der Waals surface area contributed by atoms with Crippen molar-refractivity contribution in [2.45, 2.75) is 121 Å². The molecule has 0 atom stereocenters. The van der Waals surface area contributed by atoms with Crippen LogP contribution in [0.3, 0.4) is 0 Å². The molecule has 0 aromatic heterocycles. The van der Waals surface area contributed by atoms with Crippen LogP contribution in [0.25, 0.3) is 5.57 Å². The van der Waals surface area contributed by atoms with Crippen LogP contribution in [0.2, 0.25) is 0 Å². The van der Waals surface area contributed by atoms with Crippen LogP contribution in [0, 0.1) is 0 Å². The van der Waals surface area contributed by atoms with Crippen LogP contribution in [-0.4, -0.2) is 24.2 Å². The molecular weight excluding hydrogens is 639 g/mol. The Morgan fingerprint density at radius 1 is 0.827 bits per heavy atom. The lowest BCUT2D eigenvalue weighted by Gasteiger charge is -2.09. The molecule has 1 aromatic carbocycles. The third-order valence-electron chi connectivity index (χ3n) is 6.94. The lowest BCUT2D eigenvalue weighted by molar-refractivity contribution is -0.129. The lowest BCUT2D eigenvalue weighted by atomic mass is 9.99. The van der Waals surface area contributed by atoms with E-state index in [0.717, 1.165) is 56.6 Å². The van der Waals surface area contributed by atoms with E-state index < -0.39 is 0 Å². The fourth-order valence-corrected chi connectivity index (χ4v) is 4.33. The highest BCUT2D eigenvalue weighted by Crippen LogP contribution is 2.20. The molecule has 0 radical (unpaired) electrons. The standard InChI is InChI=1S/C16H21N.C16H22.C11H22N2O2.2C2H6/c1-4-6-7-10-14(3)16-12-9-8-11-15(16)13-17-5-2;1-6-10-13-15(9-4)16(12-8-3)14(5)11-7-2;1-3-4-9-12-10(2)7-5-6-8-11(14)13-15;2*1-2/h4,6-12,17H,1,5,13H2,2-3H3;6-13H,4H2,1-3,5H3;12,15H,2-9H2,1H3,(H,13,14);2*1-2H3/b7-6-,14-10+;10-6-,11-7-,12-8-,15-13+,16-14+;;;. The van der Waals surface area contributed by atoms with E-state index >= 15 is 0 Å². The Bertz CT molecular complexity index is 1270. The van der Waals surface area contributed by atoms with Gasteiger partial charge in [0, 0.05) is 25.2 Å². The van der Waals surface area contributed by atoms with Crippen LogP contribution in [-0.2, 0) is 11.3 Å². The zero-order chi connectivity index (χ0) is 40.4. The fraction of sp³-hybridized carbons (Fsp3) is 0.426. The van der Waals surface area contributed by atoms with Gasteiger partial charge < -0.3 is 10.6 Å². The van der Waals surface area contributed by atoms with Gasteiger partial charge in [-0.15, -0.1) is 0 Å². The summed E-state index contributed by atoms with van der Waals surface area (Å²) in [5.41, 5.74) is 10.2. The third kappa shape index (κ3) is 31.8. The van der Waals surface area contributed by atoms with Crippen molar-refractivity contribution in [3.63, 3.8) is 0 Å². The minimum Gasteiger partial charge on any atom is -0.389 e. The predicted octanol–water partition coefficient (Wildman–Crippen LogP) is 13.1. The average Bonchev–Trinajstić information content (AvgIpc) is 3.17. The summed E-state index contributed by atoms with van der Waals surface area (Å²) < 4.78 is 0. The minimum atomic E-state index is -0.320. The van der Waals surface area contributed by atoms with Crippen molar-refractivity contribution < 1.29 is 10.0 Å². The molecule has 0 aliphatic carbocycles. The van der Waals surface area contributed by atoms with Gasteiger partial charge in [0.05, 0.1) is 0 Å². The molecule has 52 heavy (non-hydrogen) atoms. The summed E-state index contributed by atoms with van der Waals surface area (Å²) in [6.07, 6.45) is 29.5. The molecule has 292 valence electrons. The van der Waals surface area contributed by atoms with Gasteiger partial charge in [0.15, 0.2) is 0 Å². The summed E-state index contributed by atoms with van der Waals surface area (Å²) in [5, 5.41) is 14.9. The number of rotatable bonds is 20. The van der Waals surface area contributed by atoms with Crippen molar-refractivity contribution in [2.75, 3.05) is 13.1 Å². The molecule has 0 saturated carbocycles. The van der Waals surface area contributed by atoms with Gasteiger partial charge in [-0.3, -0.25) is 10.0 Å². The summed E-state index contributed by atoms with van der Waals surface area (Å²) >= 11 is 0. The van der Waals surface area contributed by atoms with Gasteiger partial charge in [0.1, 0.15) is 0 Å². The van der Waals surface area contributed by atoms with E-state index in [2.05, 4.69) is 119 Å². The Kier molecular flexibility index (Phi) is 45.1. The zero-order valence-electron chi connectivity index (χ0n) is 35.1. The molecule has 5 heteroatoms. The number of hydrogen-bond acceptors (Lipinski definition) is 4. The second-order valence-electron chi connectivity index (χ2n) is 11.0. The van der Waals surface area contributed by atoms with Crippen LogP contribution in [0.5, 0.6) is 0 Å². The Balaban J connectivity index is -0.000000317. The molecule has 0 unspecified atom stereocenters. The van der Waals surface area contributed by atoms with Crippen LogP contribution in [0.1, 0.15) is 126 Å². The van der Waals surface area contributed by atoms with Gasteiger partial charge in [-0.1, -0.05) is 165 Å². The summed E-state index contributed by atoms with van der Waals surface area (Å²) in [7, 11) is 0. The summed E-state index contributed by atoms with van der Waals surface area (Å²) in [6.45, 7) is 36.9. The van der Waals surface area contributed by atoms with Crippen molar-refractivity contribution in [3.05, 3.63) is 150 Å². The highest BCUT2D eigenvalue weighted by atomic mass is 16.5. The molecule has 0 spiro atoms. The first-order valence-electron chi connectivity index (χ1n) is 19.2. The molecule has 0 fully saturated rings. The Hall–Kier alpha value is -4.19. The first-order chi connectivity index (χ1) is 25.2. The van der Waals surface area contributed by atoms with E-state index in [1.54, 1.807) is 11.6 Å². The topological polar surface area (TPSA) is 73.4 Å². The van der Waals surface area contributed by atoms with E-state index in [9.17, 15) is 4.79 Å². The highest BCUT2D eigenvalue weighted by molar-refractivity contribution is 5.74. The van der Waals surface area contributed by atoms with Crippen LogP contribution in [0.15, 0.2) is 139 Å². The smallest absolute Gasteiger partial charge is 0.243 e. The quantitative estimate of drug-likeness (QED) is 0.0469. The largest absolute Gasteiger partial charge is 0.389 e. The number of hydrogen-bond donors (Lipinski definition) is 4. The fourth-order valence-electron chi connectivity index (χ4n) is 4.33. The number of unbranched alkanes of at least 4 members (excludes halogenated alkanes) is 2. The average molecular weight is 716 g/mol. The molecule has 0 bridgehead atoms. The van der Waals surface area contributed by atoms with Crippen molar-refractivity contribution in [2.24, 2.45) is 0 Å². The van der Waals surface area contributed by atoms with Crippen molar-refractivity contribution >= 4 is 11.5 Å². The zero-order valence-corrected chi connectivity index (χ0v) is 35.1. The molecule has 4 N–H and O–H groups in total. The maximum absolute atomic E-state index is 10.7. The van der Waals surface area contributed by atoms with Crippen molar-refractivity contribution in [3.8, 4) is 0 Å². The first kappa shape index (κ1) is 54.6. The third-order valence-corrected chi connectivity index (χ3v) is 6.94. The van der Waals surface area contributed by atoms with E-state index in [-0.39, 0.29) is 5.91 Å². The molecule has 1 amide bonds. The van der Waals surface area contributed by atoms with E-state index in [1.807, 2.05) is 78.8 Å². The summed E-state index contributed by atoms with van der Waals surface area (Å²) in [5.74, 6) is -0.320. The van der Waals surface area contributed by atoms with Gasteiger partial charge in [-0.25, -0.2) is 5.48 Å². The van der Waals surface area contributed by atoms with Gasteiger partial charge in [-0.2, -0.15) is 0 Å². The van der Waals surface area contributed by atoms with E-state index in [4.69, 9.17) is 5.21 Å². The monoisotopic (exact) mass is 716 g/mol. The molecule has 0 aliphatic heterocycles. The number of amides is 1. The summed E-state index contributed by atoms with van der Waals surface area (Å²) in [4.78, 5) is 10.7. The minimum absolute atomic E-state index is 0.320. The number of carbonyl (C=O) groups excluding carboxylic acids is 1. The normalized spacial score (nSPS) is 11.6. The van der Waals surface area contributed by atoms with Gasteiger partial charge in [0.2, 0.25) is 5.91 Å². The predicted molar refractivity (Wildman–Crippen MR) is 235 cm³/mol. The Labute approximate surface area is 321 Å². The first-order valence-corrected chi connectivity index (χ1v) is 19.2. The maximum Gasteiger partial charge on any atom is 0.243 e. The molecule has 0 saturated heterocycles. The van der Waals surface area contributed by atoms with E-state index in [1.165, 1.54) is 34.3 Å². The molecule has 1 rings (SSSR count). The Morgan fingerprint density at radius 2 is 1.46 bits per heavy atom. The number of carbonyl (C=O) groups is 1. The van der Waals surface area contributed by atoms with Gasteiger partial charge >= 0.3 is 0 Å². The number of nitrogens with one attached hydrogen (secondary N) is 3. The molecule has 0 heterocycles. The number of hydroxylamine groups is 1. The molecule has 0 aliphatic rings. The molecule has 5 nitrogen and oxygen atoms in total. The number of allylic oxidation sites excluding steroid dienone is 17.